The topological polar surface area (TPSA) is 99.2 Å². The molecule has 0 radical (unpaired) electrons. The molecule has 1 heterocycles. The predicted octanol–water partition coefficient (Wildman–Crippen LogP) is 1.87. The molecule has 7 heteroatoms. The minimum absolute atomic E-state index is 0.122. The van der Waals surface area contributed by atoms with Gasteiger partial charge in [-0.2, -0.15) is 5.26 Å². The normalized spacial score (nSPS) is 14.0. The Morgan fingerprint density at radius 3 is 2.72 bits per heavy atom. The zero-order valence-electron chi connectivity index (χ0n) is 13.9. The number of nitrogens with zero attached hydrogens (tertiary/aromatic N) is 2. The van der Waals surface area contributed by atoms with Gasteiger partial charge in [-0.25, -0.2) is 0 Å². The van der Waals surface area contributed by atoms with Gasteiger partial charge in [0.05, 0.1) is 5.57 Å². The number of nitriles is 1. The van der Waals surface area contributed by atoms with Gasteiger partial charge in [0.25, 0.3) is 11.8 Å². The first kappa shape index (κ1) is 18.6. The van der Waals surface area contributed by atoms with Crippen molar-refractivity contribution in [3.8, 4) is 6.19 Å². The van der Waals surface area contributed by atoms with E-state index in [-0.39, 0.29) is 11.3 Å². The molecule has 0 atom stereocenters. The Hall–Kier alpha value is -2.78. The van der Waals surface area contributed by atoms with Gasteiger partial charge in [0.1, 0.15) is 5.70 Å². The minimum Gasteiger partial charge on any atom is -0.364 e. The summed E-state index contributed by atoms with van der Waals surface area (Å²) >= 11 is 6.18. The SMILES string of the molecule is CCC1=CC(C(=O)NC#N)=C(C(N)=O)N(CCc2ccccc2Cl)C1. The molecule has 1 aromatic carbocycles. The van der Waals surface area contributed by atoms with Crippen LogP contribution in [0.3, 0.4) is 0 Å². The summed E-state index contributed by atoms with van der Waals surface area (Å²) in [5, 5.41) is 11.4. The van der Waals surface area contributed by atoms with Gasteiger partial charge in [0, 0.05) is 18.1 Å². The molecule has 1 aliphatic heterocycles. The first-order chi connectivity index (χ1) is 12.0. The standard InChI is InChI=1S/C18H19ClN4O2/c1-2-12-9-14(18(25)22-11-20)16(17(21)24)23(10-12)8-7-13-5-3-4-6-15(13)19/h3-6,9H,2,7-8,10H2,1H3,(H2,21,24)(H,22,25). The Kier molecular flexibility index (Phi) is 6.20. The van der Waals surface area contributed by atoms with E-state index >= 15 is 0 Å². The number of carbonyl (C=O) groups is 2. The minimum atomic E-state index is -0.700. The number of benzene rings is 1. The van der Waals surface area contributed by atoms with Gasteiger partial charge in [-0.3, -0.25) is 14.9 Å². The van der Waals surface area contributed by atoms with Crippen LogP contribution in [0.15, 0.2) is 47.2 Å². The monoisotopic (exact) mass is 358 g/mol. The second-order valence-corrected chi connectivity index (χ2v) is 6.02. The molecule has 0 spiro atoms. The van der Waals surface area contributed by atoms with E-state index in [1.807, 2.05) is 25.1 Å². The van der Waals surface area contributed by atoms with Gasteiger partial charge < -0.3 is 10.6 Å². The fourth-order valence-electron chi connectivity index (χ4n) is 2.75. The maximum Gasteiger partial charge on any atom is 0.266 e. The Balaban J connectivity index is 2.33. The largest absolute Gasteiger partial charge is 0.364 e. The summed E-state index contributed by atoms with van der Waals surface area (Å²) in [6.07, 6.45) is 4.54. The Morgan fingerprint density at radius 1 is 1.40 bits per heavy atom. The maximum atomic E-state index is 12.2. The van der Waals surface area contributed by atoms with Crippen LogP contribution in [0.4, 0.5) is 0 Å². The number of carbonyl (C=O) groups excluding carboxylic acids is 2. The van der Waals surface area contributed by atoms with E-state index in [1.165, 1.54) is 0 Å². The van der Waals surface area contributed by atoms with Crippen LogP contribution >= 0.6 is 11.6 Å². The van der Waals surface area contributed by atoms with E-state index in [2.05, 4.69) is 5.32 Å². The number of hydrogen-bond acceptors (Lipinski definition) is 4. The Labute approximate surface area is 151 Å². The van der Waals surface area contributed by atoms with Crippen LogP contribution in [0, 0.1) is 11.5 Å². The van der Waals surface area contributed by atoms with Gasteiger partial charge in [-0.05, 0) is 30.5 Å². The third kappa shape index (κ3) is 4.40. The van der Waals surface area contributed by atoms with Crippen LogP contribution < -0.4 is 11.1 Å². The van der Waals surface area contributed by atoms with Crippen molar-refractivity contribution in [3.05, 3.63) is 57.8 Å². The van der Waals surface area contributed by atoms with Gasteiger partial charge in [0.2, 0.25) is 0 Å². The first-order valence-corrected chi connectivity index (χ1v) is 8.27. The van der Waals surface area contributed by atoms with E-state index in [0.717, 1.165) is 17.6 Å². The molecular formula is C18H19ClN4O2. The molecule has 0 fully saturated rings. The maximum absolute atomic E-state index is 12.2. The van der Waals surface area contributed by atoms with E-state index in [1.54, 1.807) is 23.2 Å². The van der Waals surface area contributed by atoms with Crippen molar-refractivity contribution < 1.29 is 9.59 Å². The predicted molar refractivity (Wildman–Crippen MR) is 95.1 cm³/mol. The Bertz CT molecular complexity index is 793. The molecule has 0 unspecified atom stereocenters. The van der Waals surface area contributed by atoms with Gasteiger partial charge in [-0.15, -0.1) is 0 Å². The van der Waals surface area contributed by atoms with E-state index in [4.69, 9.17) is 22.6 Å². The molecule has 0 saturated carbocycles. The summed E-state index contributed by atoms with van der Waals surface area (Å²) in [5.74, 6) is -1.33. The zero-order valence-corrected chi connectivity index (χ0v) is 14.6. The van der Waals surface area contributed by atoms with Crippen molar-refractivity contribution in [3.63, 3.8) is 0 Å². The third-order valence-corrected chi connectivity index (χ3v) is 4.39. The fourth-order valence-corrected chi connectivity index (χ4v) is 2.98. The van der Waals surface area contributed by atoms with Gasteiger partial charge >= 0.3 is 0 Å². The lowest BCUT2D eigenvalue weighted by atomic mass is 9.99. The lowest BCUT2D eigenvalue weighted by molar-refractivity contribution is -0.119. The van der Waals surface area contributed by atoms with Crippen LogP contribution in [0.25, 0.3) is 0 Å². The lowest BCUT2D eigenvalue weighted by Crippen LogP contribution is -2.40. The molecule has 25 heavy (non-hydrogen) atoms. The van der Waals surface area contributed by atoms with Crippen LogP contribution in [0.1, 0.15) is 18.9 Å². The van der Waals surface area contributed by atoms with Crippen molar-refractivity contribution in [1.82, 2.24) is 10.2 Å². The highest BCUT2D eigenvalue weighted by molar-refractivity contribution is 6.31. The highest BCUT2D eigenvalue weighted by atomic mass is 35.5. The second-order valence-electron chi connectivity index (χ2n) is 5.61. The van der Waals surface area contributed by atoms with Gasteiger partial charge in [0.15, 0.2) is 6.19 Å². The molecule has 0 bridgehead atoms. The molecule has 3 N–H and O–H groups in total. The first-order valence-electron chi connectivity index (χ1n) is 7.89. The second kappa shape index (κ2) is 8.36. The molecule has 0 aliphatic carbocycles. The molecule has 0 saturated heterocycles. The van der Waals surface area contributed by atoms with Crippen molar-refractivity contribution in [2.24, 2.45) is 5.73 Å². The quantitative estimate of drug-likeness (QED) is 0.599. The number of nitrogens with two attached hydrogens (primary N) is 1. The van der Waals surface area contributed by atoms with Crippen molar-refractivity contribution in [2.45, 2.75) is 19.8 Å². The fraction of sp³-hybridized carbons (Fsp3) is 0.278. The molecule has 0 aromatic heterocycles. The lowest BCUT2D eigenvalue weighted by Gasteiger charge is -2.31. The molecule has 1 aliphatic rings. The highest BCUT2D eigenvalue weighted by Gasteiger charge is 2.27. The summed E-state index contributed by atoms with van der Waals surface area (Å²) in [4.78, 5) is 25.9. The average molecular weight is 359 g/mol. The van der Waals surface area contributed by atoms with Crippen LogP contribution in [-0.4, -0.2) is 29.8 Å². The summed E-state index contributed by atoms with van der Waals surface area (Å²) in [6.45, 7) is 2.94. The average Bonchev–Trinajstić information content (AvgIpc) is 2.60. The molecule has 2 amide bonds. The van der Waals surface area contributed by atoms with Crippen LogP contribution in [-0.2, 0) is 16.0 Å². The number of nitrogens with one attached hydrogen (secondary N) is 1. The molecule has 2 rings (SSSR count). The summed E-state index contributed by atoms with van der Waals surface area (Å²) in [6, 6.07) is 7.47. The van der Waals surface area contributed by atoms with Crippen LogP contribution in [0.2, 0.25) is 5.02 Å². The smallest absolute Gasteiger partial charge is 0.266 e. The zero-order chi connectivity index (χ0) is 18.4. The number of hydrogen-bond donors (Lipinski definition) is 2. The summed E-state index contributed by atoms with van der Waals surface area (Å²) in [7, 11) is 0. The summed E-state index contributed by atoms with van der Waals surface area (Å²) in [5.41, 5.74) is 7.68. The summed E-state index contributed by atoms with van der Waals surface area (Å²) < 4.78 is 0. The molecular weight excluding hydrogens is 340 g/mol. The number of rotatable bonds is 6. The van der Waals surface area contributed by atoms with Gasteiger partial charge in [-0.1, -0.05) is 42.3 Å². The van der Waals surface area contributed by atoms with Crippen molar-refractivity contribution in [2.75, 3.05) is 13.1 Å². The number of primary amides is 1. The number of amides is 2. The third-order valence-electron chi connectivity index (χ3n) is 4.02. The van der Waals surface area contributed by atoms with E-state index in [9.17, 15) is 9.59 Å². The highest BCUT2D eigenvalue weighted by Crippen LogP contribution is 2.24. The van der Waals surface area contributed by atoms with Crippen LogP contribution in [0.5, 0.6) is 0 Å². The molecule has 1 aromatic rings. The Morgan fingerprint density at radius 2 is 2.12 bits per heavy atom. The van der Waals surface area contributed by atoms with E-state index in [0.29, 0.717) is 24.5 Å². The number of halogens is 1. The van der Waals surface area contributed by atoms with Crippen molar-refractivity contribution in [1.29, 1.82) is 5.26 Å². The molecule has 6 nitrogen and oxygen atoms in total. The van der Waals surface area contributed by atoms with E-state index < -0.39 is 11.8 Å². The van der Waals surface area contributed by atoms with Crippen molar-refractivity contribution >= 4 is 23.4 Å². The molecule has 130 valence electrons.